The quantitative estimate of drug-likeness (QED) is 0.663. The first-order valence-electron chi connectivity index (χ1n) is 7.72. The largest absolute Gasteiger partial charge is 0.0564 e. The molecule has 0 spiro atoms. The van der Waals surface area contributed by atoms with Crippen molar-refractivity contribution in [3.05, 3.63) is 34.9 Å². The van der Waals surface area contributed by atoms with E-state index in [1.807, 2.05) is 0 Å². The molecule has 0 atom stereocenters. The molecule has 0 heterocycles. The molecule has 0 N–H and O–H groups in total. The minimum atomic E-state index is 0.575. The van der Waals surface area contributed by atoms with Crippen LogP contribution in [0.2, 0.25) is 0 Å². The Morgan fingerprint density at radius 2 is 1.22 bits per heavy atom. The standard InChI is InChI=1S/C18H24/c1-12-3-13(2)5-17(4-12)18-9-14-6-15(10-18)8-16(7-14)11-18/h3-5,14-16H,6-11H2,1-2H3. The van der Waals surface area contributed by atoms with Crippen LogP contribution in [0.4, 0.5) is 0 Å². The molecule has 0 radical (unpaired) electrons. The molecule has 0 saturated heterocycles. The molecule has 0 nitrogen and oxygen atoms in total. The lowest BCUT2D eigenvalue weighted by Crippen LogP contribution is -2.48. The second-order valence-electron chi connectivity index (χ2n) is 7.57. The summed E-state index contributed by atoms with van der Waals surface area (Å²) in [6, 6.07) is 7.30. The minimum Gasteiger partial charge on any atom is -0.0564 e. The average molecular weight is 240 g/mol. The summed E-state index contributed by atoms with van der Waals surface area (Å²) in [6.07, 6.45) is 9.10. The highest BCUT2D eigenvalue weighted by Gasteiger charge is 2.51. The highest BCUT2D eigenvalue weighted by atomic mass is 14.6. The molecule has 4 aliphatic carbocycles. The van der Waals surface area contributed by atoms with Gasteiger partial charge in [0, 0.05) is 0 Å². The van der Waals surface area contributed by atoms with Crippen molar-refractivity contribution in [2.75, 3.05) is 0 Å². The Hall–Kier alpha value is -0.780. The molecule has 5 rings (SSSR count). The lowest BCUT2D eigenvalue weighted by atomic mass is 9.48. The molecule has 4 saturated carbocycles. The van der Waals surface area contributed by atoms with Gasteiger partial charge in [-0.2, -0.15) is 0 Å². The second kappa shape index (κ2) is 3.62. The Kier molecular flexibility index (Phi) is 2.23. The van der Waals surface area contributed by atoms with Gasteiger partial charge in [0.15, 0.2) is 0 Å². The van der Waals surface area contributed by atoms with Crippen LogP contribution in [0.1, 0.15) is 55.2 Å². The normalized spacial score (nSPS) is 41.3. The molecule has 0 aromatic heterocycles. The highest BCUT2D eigenvalue weighted by Crippen LogP contribution is 2.60. The molecule has 0 unspecified atom stereocenters. The molecule has 4 fully saturated rings. The van der Waals surface area contributed by atoms with Crippen LogP contribution in [0.25, 0.3) is 0 Å². The first-order chi connectivity index (χ1) is 8.63. The fourth-order valence-corrected chi connectivity index (χ4v) is 5.75. The molecule has 4 bridgehead atoms. The molecule has 0 aliphatic heterocycles. The molecule has 96 valence electrons. The molecule has 18 heavy (non-hydrogen) atoms. The van der Waals surface area contributed by atoms with Crippen LogP contribution < -0.4 is 0 Å². The van der Waals surface area contributed by atoms with E-state index >= 15 is 0 Å². The van der Waals surface area contributed by atoms with Gasteiger partial charge in [-0.25, -0.2) is 0 Å². The summed E-state index contributed by atoms with van der Waals surface area (Å²) in [4.78, 5) is 0. The van der Waals surface area contributed by atoms with Gasteiger partial charge in [-0.05, 0) is 81.1 Å². The molecular weight excluding hydrogens is 216 g/mol. The summed E-state index contributed by atoms with van der Waals surface area (Å²) in [6.45, 7) is 4.52. The maximum atomic E-state index is 2.49. The number of rotatable bonds is 1. The number of aryl methyl sites for hydroxylation is 2. The molecule has 1 aromatic rings. The van der Waals surface area contributed by atoms with Crippen LogP contribution in [-0.4, -0.2) is 0 Å². The van der Waals surface area contributed by atoms with E-state index in [2.05, 4.69) is 32.0 Å². The van der Waals surface area contributed by atoms with E-state index in [1.165, 1.54) is 30.4 Å². The van der Waals surface area contributed by atoms with Crippen molar-refractivity contribution in [1.82, 2.24) is 0 Å². The van der Waals surface area contributed by atoms with Crippen molar-refractivity contribution in [2.45, 2.75) is 57.8 Å². The van der Waals surface area contributed by atoms with Crippen molar-refractivity contribution >= 4 is 0 Å². The Bertz CT molecular complexity index is 427. The Balaban J connectivity index is 1.79. The Morgan fingerprint density at radius 3 is 1.67 bits per heavy atom. The van der Waals surface area contributed by atoms with Crippen molar-refractivity contribution in [3.8, 4) is 0 Å². The number of benzene rings is 1. The fourth-order valence-electron chi connectivity index (χ4n) is 5.75. The SMILES string of the molecule is Cc1cc(C)cc(C23CC4CC(CC(C4)C2)C3)c1. The van der Waals surface area contributed by atoms with Gasteiger partial charge in [0.2, 0.25) is 0 Å². The van der Waals surface area contributed by atoms with E-state index in [4.69, 9.17) is 0 Å². The topological polar surface area (TPSA) is 0 Å². The summed E-state index contributed by atoms with van der Waals surface area (Å²) >= 11 is 0. The van der Waals surface area contributed by atoms with Gasteiger partial charge in [-0.3, -0.25) is 0 Å². The number of hydrogen-bond donors (Lipinski definition) is 0. The second-order valence-corrected chi connectivity index (χ2v) is 7.57. The van der Waals surface area contributed by atoms with E-state index in [0.29, 0.717) is 5.41 Å². The third kappa shape index (κ3) is 1.57. The Morgan fingerprint density at radius 1 is 0.778 bits per heavy atom. The zero-order valence-electron chi connectivity index (χ0n) is 11.7. The van der Waals surface area contributed by atoms with Gasteiger partial charge in [0.25, 0.3) is 0 Å². The van der Waals surface area contributed by atoms with Gasteiger partial charge >= 0.3 is 0 Å². The summed E-state index contributed by atoms with van der Waals surface area (Å²) < 4.78 is 0. The van der Waals surface area contributed by atoms with Gasteiger partial charge in [0.05, 0.1) is 0 Å². The first-order valence-corrected chi connectivity index (χ1v) is 7.72. The number of hydrogen-bond acceptors (Lipinski definition) is 0. The van der Waals surface area contributed by atoms with Crippen LogP contribution in [0.15, 0.2) is 18.2 Å². The van der Waals surface area contributed by atoms with Gasteiger partial charge in [-0.15, -0.1) is 0 Å². The van der Waals surface area contributed by atoms with Gasteiger partial charge in [0.1, 0.15) is 0 Å². The molecule has 4 aliphatic rings. The van der Waals surface area contributed by atoms with Crippen LogP contribution >= 0.6 is 0 Å². The Labute approximate surface area is 111 Å². The average Bonchev–Trinajstić information content (AvgIpc) is 2.25. The lowest BCUT2D eigenvalue weighted by Gasteiger charge is -2.57. The summed E-state index contributed by atoms with van der Waals surface area (Å²) in [5.41, 5.74) is 5.17. The lowest BCUT2D eigenvalue weighted by molar-refractivity contribution is -0.00523. The van der Waals surface area contributed by atoms with E-state index < -0.39 is 0 Å². The molecule has 0 heteroatoms. The van der Waals surface area contributed by atoms with Crippen molar-refractivity contribution < 1.29 is 0 Å². The zero-order chi connectivity index (χ0) is 12.3. The minimum absolute atomic E-state index is 0.575. The monoisotopic (exact) mass is 240 g/mol. The van der Waals surface area contributed by atoms with E-state index in [-0.39, 0.29) is 0 Å². The predicted molar refractivity (Wildman–Crippen MR) is 75.8 cm³/mol. The van der Waals surface area contributed by atoms with Crippen molar-refractivity contribution in [1.29, 1.82) is 0 Å². The third-order valence-electron chi connectivity index (χ3n) is 5.87. The van der Waals surface area contributed by atoms with Crippen LogP contribution in [-0.2, 0) is 5.41 Å². The summed E-state index contributed by atoms with van der Waals surface area (Å²) in [7, 11) is 0. The van der Waals surface area contributed by atoms with Crippen molar-refractivity contribution in [2.24, 2.45) is 17.8 Å². The summed E-state index contributed by atoms with van der Waals surface area (Å²) in [5, 5.41) is 0. The maximum absolute atomic E-state index is 2.49. The van der Waals surface area contributed by atoms with E-state index in [9.17, 15) is 0 Å². The third-order valence-corrected chi connectivity index (χ3v) is 5.87. The van der Waals surface area contributed by atoms with E-state index in [0.717, 1.165) is 17.8 Å². The summed E-state index contributed by atoms with van der Waals surface area (Å²) in [5.74, 6) is 3.16. The van der Waals surface area contributed by atoms with Crippen LogP contribution in [0.5, 0.6) is 0 Å². The van der Waals surface area contributed by atoms with Crippen molar-refractivity contribution in [3.63, 3.8) is 0 Å². The maximum Gasteiger partial charge on any atom is -0.00389 e. The molecule has 1 aromatic carbocycles. The zero-order valence-corrected chi connectivity index (χ0v) is 11.7. The van der Waals surface area contributed by atoms with Crippen LogP contribution in [0, 0.1) is 31.6 Å². The predicted octanol–water partition coefficient (Wildman–Crippen LogP) is 4.77. The molecule has 0 amide bonds. The van der Waals surface area contributed by atoms with Gasteiger partial charge < -0.3 is 0 Å². The van der Waals surface area contributed by atoms with Crippen LogP contribution in [0.3, 0.4) is 0 Å². The fraction of sp³-hybridized carbons (Fsp3) is 0.667. The van der Waals surface area contributed by atoms with E-state index in [1.54, 1.807) is 24.8 Å². The highest BCUT2D eigenvalue weighted by molar-refractivity contribution is 5.36. The molecular formula is C18H24. The van der Waals surface area contributed by atoms with Gasteiger partial charge in [-0.1, -0.05) is 29.3 Å². The smallest absolute Gasteiger partial charge is 0.00389 e. The first kappa shape index (κ1) is 11.1.